The molecule has 4 rings (SSSR count). The lowest BCUT2D eigenvalue weighted by molar-refractivity contribution is 0.0925. The molecule has 0 aliphatic rings. The molecule has 4 aromatic rings. The normalized spacial score (nSPS) is 11.5. The van der Waals surface area contributed by atoms with Gasteiger partial charge in [0.05, 0.1) is 16.0 Å². The number of furan rings is 1. The Balaban J connectivity index is 1.47. The second-order valence-corrected chi connectivity index (χ2v) is 9.04. The van der Waals surface area contributed by atoms with Gasteiger partial charge in [-0.15, -0.1) is 0 Å². The maximum absolute atomic E-state index is 12.9. The quantitative estimate of drug-likeness (QED) is 0.522. The minimum Gasteiger partial charge on any atom is -0.449 e. The Hall–Kier alpha value is -3.45. The molecule has 1 N–H and O–H groups in total. The minimum atomic E-state index is -3.60. The van der Waals surface area contributed by atoms with Crippen molar-refractivity contribution in [1.82, 2.24) is 10.3 Å². The zero-order valence-electron chi connectivity index (χ0n) is 16.5. The fourth-order valence-electron chi connectivity index (χ4n) is 3.28. The van der Waals surface area contributed by atoms with Gasteiger partial charge in [-0.1, -0.05) is 29.8 Å². The molecule has 2 aromatic carbocycles. The zero-order chi connectivity index (χ0) is 21.3. The highest BCUT2D eigenvalue weighted by Gasteiger charge is 2.20. The van der Waals surface area contributed by atoms with Gasteiger partial charge in [0, 0.05) is 18.1 Å². The molecule has 1 amide bonds. The number of hydrogen-bond acceptors (Lipinski definition) is 5. The first kappa shape index (κ1) is 19.8. The van der Waals surface area contributed by atoms with Crippen molar-refractivity contribution in [2.75, 3.05) is 0 Å². The van der Waals surface area contributed by atoms with Gasteiger partial charge in [-0.3, -0.25) is 9.78 Å². The Kier molecular flexibility index (Phi) is 5.13. The number of rotatable bonds is 5. The van der Waals surface area contributed by atoms with Crippen LogP contribution in [0.4, 0.5) is 0 Å². The fraction of sp³-hybridized carbons (Fsp3) is 0.130. The Morgan fingerprint density at radius 1 is 1.03 bits per heavy atom. The SMILES string of the molecule is Cc1ccc(S(=O)(=O)c2ccc(CNC(=O)c3cc4ccncc4o3)cc2)c(C)c1. The van der Waals surface area contributed by atoms with Crippen LogP contribution < -0.4 is 5.32 Å². The number of carbonyl (C=O) groups excluding carboxylic acids is 1. The summed E-state index contributed by atoms with van der Waals surface area (Å²) in [5, 5.41) is 3.58. The van der Waals surface area contributed by atoms with Crippen molar-refractivity contribution in [2.45, 2.75) is 30.2 Å². The molecule has 6 nitrogen and oxygen atoms in total. The van der Waals surface area contributed by atoms with Crippen molar-refractivity contribution in [2.24, 2.45) is 0 Å². The molecular formula is C23H20N2O4S. The van der Waals surface area contributed by atoms with E-state index in [2.05, 4.69) is 10.3 Å². The number of amides is 1. The summed E-state index contributed by atoms with van der Waals surface area (Å²) in [6.07, 6.45) is 3.19. The lowest BCUT2D eigenvalue weighted by Gasteiger charge is -2.10. The van der Waals surface area contributed by atoms with Crippen LogP contribution in [0.5, 0.6) is 0 Å². The molecule has 30 heavy (non-hydrogen) atoms. The van der Waals surface area contributed by atoms with Gasteiger partial charge < -0.3 is 9.73 Å². The topological polar surface area (TPSA) is 89.3 Å². The number of carbonyl (C=O) groups is 1. The highest BCUT2D eigenvalue weighted by Crippen LogP contribution is 2.25. The molecule has 7 heteroatoms. The average molecular weight is 420 g/mol. The molecule has 0 aliphatic heterocycles. The molecule has 0 bridgehead atoms. The molecule has 152 valence electrons. The van der Waals surface area contributed by atoms with Crippen LogP contribution in [0, 0.1) is 13.8 Å². The van der Waals surface area contributed by atoms with Crippen molar-refractivity contribution in [3.63, 3.8) is 0 Å². The molecule has 0 saturated heterocycles. The monoisotopic (exact) mass is 420 g/mol. The van der Waals surface area contributed by atoms with Gasteiger partial charge in [0.15, 0.2) is 11.3 Å². The molecule has 0 fully saturated rings. The lowest BCUT2D eigenvalue weighted by Crippen LogP contribution is -2.22. The summed E-state index contributed by atoms with van der Waals surface area (Å²) in [5.41, 5.74) is 3.05. The van der Waals surface area contributed by atoms with Crippen LogP contribution >= 0.6 is 0 Å². The van der Waals surface area contributed by atoms with Crippen LogP contribution in [-0.2, 0) is 16.4 Å². The van der Waals surface area contributed by atoms with Crippen LogP contribution in [0.25, 0.3) is 11.0 Å². The predicted molar refractivity (Wildman–Crippen MR) is 113 cm³/mol. The van der Waals surface area contributed by atoms with E-state index < -0.39 is 9.84 Å². The Morgan fingerprint density at radius 3 is 2.50 bits per heavy atom. The molecule has 2 aromatic heterocycles. The van der Waals surface area contributed by atoms with Crippen molar-refractivity contribution in [1.29, 1.82) is 0 Å². The number of aromatic nitrogens is 1. The number of fused-ring (bicyclic) bond motifs is 1. The van der Waals surface area contributed by atoms with E-state index in [4.69, 9.17) is 4.42 Å². The number of pyridine rings is 1. The van der Waals surface area contributed by atoms with Crippen LogP contribution in [0.3, 0.4) is 0 Å². The van der Waals surface area contributed by atoms with E-state index >= 15 is 0 Å². The number of benzene rings is 2. The third kappa shape index (κ3) is 3.84. The molecule has 0 unspecified atom stereocenters. The first-order valence-corrected chi connectivity index (χ1v) is 10.9. The fourth-order valence-corrected chi connectivity index (χ4v) is 4.76. The van der Waals surface area contributed by atoms with Crippen molar-refractivity contribution >= 4 is 26.7 Å². The molecule has 2 heterocycles. The number of sulfone groups is 1. The smallest absolute Gasteiger partial charge is 0.287 e. The van der Waals surface area contributed by atoms with Crippen LogP contribution in [0.15, 0.2) is 81.2 Å². The first-order chi connectivity index (χ1) is 14.3. The summed E-state index contributed by atoms with van der Waals surface area (Å²) < 4.78 is 31.3. The third-order valence-electron chi connectivity index (χ3n) is 4.85. The predicted octanol–water partition coefficient (Wildman–Crippen LogP) is 4.21. The molecule has 0 atom stereocenters. The number of aryl methyl sites for hydroxylation is 2. The number of hydrogen-bond donors (Lipinski definition) is 1. The molecule has 0 aliphatic carbocycles. The third-order valence-corrected chi connectivity index (χ3v) is 6.78. The van der Waals surface area contributed by atoms with E-state index in [1.807, 2.05) is 13.0 Å². The maximum Gasteiger partial charge on any atom is 0.287 e. The van der Waals surface area contributed by atoms with Crippen molar-refractivity contribution < 1.29 is 17.6 Å². The summed E-state index contributed by atoms with van der Waals surface area (Å²) in [7, 11) is -3.60. The van der Waals surface area contributed by atoms with Crippen molar-refractivity contribution in [3.8, 4) is 0 Å². The van der Waals surface area contributed by atoms with Crippen LogP contribution in [0.2, 0.25) is 0 Å². The second kappa shape index (κ2) is 7.76. The van der Waals surface area contributed by atoms with Crippen molar-refractivity contribution in [3.05, 3.63) is 89.4 Å². The van der Waals surface area contributed by atoms with E-state index in [0.717, 1.165) is 16.5 Å². The Labute approximate surface area is 174 Å². The second-order valence-electron chi connectivity index (χ2n) is 7.12. The van der Waals surface area contributed by atoms with Gasteiger partial charge in [0.25, 0.3) is 5.91 Å². The minimum absolute atomic E-state index is 0.201. The number of nitrogens with zero attached hydrogens (tertiary/aromatic N) is 1. The van der Waals surface area contributed by atoms with Gasteiger partial charge in [0.1, 0.15) is 0 Å². The molecule has 0 radical (unpaired) electrons. The average Bonchev–Trinajstić information content (AvgIpc) is 3.16. The lowest BCUT2D eigenvalue weighted by atomic mass is 10.2. The zero-order valence-corrected chi connectivity index (χ0v) is 17.4. The van der Waals surface area contributed by atoms with E-state index in [1.165, 1.54) is 0 Å². The molecule has 0 spiro atoms. The molecular weight excluding hydrogens is 400 g/mol. The van der Waals surface area contributed by atoms with Gasteiger partial charge >= 0.3 is 0 Å². The summed E-state index contributed by atoms with van der Waals surface area (Å²) in [6.45, 7) is 3.96. The van der Waals surface area contributed by atoms with E-state index in [-0.39, 0.29) is 23.1 Å². The van der Waals surface area contributed by atoms with Crippen LogP contribution in [0.1, 0.15) is 27.2 Å². The highest BCUT2D eigenvalue weighted by atomic mass is 32.2. The first-order valence-electron chi connectivity index (χ1n) is 9.37. The van der Waals surface area contributed by atoms with Gasteiger partial charge in [0.2, 0.25) is 9.84 Å². The van der Waals surface area contributed by atoms with E-state index in [9.17, 15) is 13.2 Å². The Bertz CT molecular complexity index is 1310. The highest BCUT2D eigenvalue weighted by molar-refractivity contribution is 7.91. The van der Waals surface area contributed by atoms with E-state index in [1.54, 1.807) is 67.8 Å². The summed E-state index contributed by atoms with van der Waals surface area (Å²) >= 11 is 0. The number of nitrogens with one attached hydrogen (secondary N) is 1. The summed E-state index contributed by atoms with van der Waals surface area (Å²) in [6, 6.07) is 15.2. The van der Waals surface area contributed by atoms with Gasteiger partial charge in [-0.05, 0) is 55.3 Å². The molecule has 0 saturated carbocycles. The van der Waals surface area contributed by atoms with Gasteiger partial charge in [-0.25, -0.2) is 8.42 Å². The maximum atomic E-state index is 12.9. The van der Waals surface area contributed by atoms with Crippen LogP contribution in [-0.4, -0.2) is 19.3 Å². The van der Waals surface area contributed by atoms with Gasteiger partial charge in [-0.2, -0.15) is 0 Å². The summed E-state index contributed by atoms with van der Waals surface area (Å²) in [4.78, 5) is 16.8. The van der Waals surface area contributed by atoms with E-state index in [0.29, 0.717) is 16.0 Å². The summed E-state index contributed by atoms with van der Waals surface area (Å²) in [5.74, 6) is -0.148. The Morgan fingerprint density at radius 2 is 1.80 bits per heavy atom. The largest absolute Gasteiger partial charge is 0.449 e. The standard InChI is InChI=1S/C23H20N2O4S/c1-15-3-8-22(16(2)11-15)30(27,28)19-6-4-17(5-7-19)13-25-23(26)20-12-18-9-10-24-14-21(18)29-20/h3-12,14H,13H2,1-2H3,(H,25,26).